The van der Waals surface area contributed by atoms with Crippen molar-refractivity contribution >= 4 is 16.8 Å². The molecular formula is C17H24O3S. The number of esters is 1. The molecule has 116 valence electrons. The maximum absolute atomic E-state index is 12.5. The molecule has 1 atom stereocenters. The lowest BCUT2D eigenvalue weighted by molar-refractivity contribution is -0.141. The van der Waals surface area contributed by atoms with Crippen LogP contribution in [0.3, 0.4) is 0 Å². The molecule has 4 heteroatoms. The van der Waals surface area contributed by atoms with Gasteiger partial charge in [0.2, 0.25) is 0 Å². The maximum atomic E-state index is 12.5. The highest BCUT2D eigenvalue weighted by atomic mass is 32.2. The summed E-state index contributed by atoms with van der Waals surface area (Å²) < 4.78 is 17.2. The van der Waals surface area contributed by atoms with Gasteiger partial charge in [0, 0.05) is 22.3 Å². The molecule has 2 rings (SSSR count). The van der Waals surface area contributed by atoms with Crippen LogP contribution in [0.15, 0.2) is 12.1 Å². The molecule has 0 saturated heterocycles. The molecule has 3 nitrogen and oxygen atoms in total. The summed E-state index contributed by atoms with van der Waals surface area (Å²) in [5, 5.41) is 0. The van der Waals surface area contributed by atoms with Gasteiger partial charge in [0.05, 0.1) is 13.5 Å². The van der Waals surface area contributed by atoms with Crippen molar-refractivity contribution in [3.8, 4) is 0 Å². The van der Waals surface area contributed by atoms with Crippen molar-refractivity contribution in [2.45, 2.75) is 45.8 Å². The van der Waals surface area contributed by atoms with Crippen molar-refractivity contribution in [2.24, 2.45) is 5.41 Å². The van der Waals surface area contributed by atoms with Gasteiger partial charge in [-0.3, -0.25) is 9.00 Å². The molecule has 0 aromatic heterocycles. The highest BCUT2D eigenvalue weighted by molar-refractivity contribution is 7.84. The van der Waals surface area contributed by atoms with Crippen LogP contribution in [0.4, 0.5) is 0 Å². The monoisotopic (exact) mass is 308 g/mol. The summed E-state index contributed by atoms with van der Waals surface area (Å²) in [6.07, 6.45) is 2.38. The highest BCUT2D eigenvalue weighted by Gasteiger charge is 2.45. The van der Waals surface area contributed by atoms with Crippen LogP contribution in [-0.2, 0) is 26.1 Å². The lowest BCUT2D eigenvalue weighted by Gasteiger charge is -2.15. The Morgan fingerprint density at radius 3 is 2.29 bits per heavy atom. The zero-order valence-corrected chi connectivity index (χ0v) is 14.1. The van der Waals surface area contributed by atoms with Crippen LogP contribution in [0.5, 0.6) is 0 Å². The Kier molecular flexibility index (Phi) is 4.87. The lowest BCUT2D eigenvalue weighted by Crippen LogP contribution is -2.19. The van der Waals surface area contributed by atoms with Gasteiger partial charge in [0.25, 0.3) is 0 Å². The van der Waals surface area contributed by atoms with E-state index in [0.29, 0.717) is 17.9 Å². The lowest BCUT2D eigenvalue weighted by atomic mass is 10.0. The molecule has 1 aromatic rings. The van der Waals surface area contributed by atoms with E-state index >= 15 is 0 Å². The average Bonchev–Trinajstić information content (AvgIpc) is 3.13. The van der Waals surface area contributed by atoms with E-state index in [9.17, 15) is 9.00 Å². The second kappa shape index (κ2) is 6.30. The normalized spacial score (nSPS) is 17.3. The SMILES string of the molecule is COC(=O)CC1(CS(=O)Cc2c(C)cc(C)cc2C)CC1. The molecule has 1 aliphatic rings. The molecule has 1 aliphatic carbocycles. The number of methoxy groups -OCH3 is 1. The minimum atomic E-state index is -0.931. The second-order valence-corrected chi connectivity index (χ2v) is 7.82. The number of carbonyl (C=O) groups excluding carboxylic acids is 1. The molecule has 0 bridgehead atoms. The Bertz CT molecular complexity index is 550. The van der Waals surface area contributed by atoms with Crippen LogP contribution in [0.2, 0.25) is 0 Å². The van der Waals surface area contributed by atoms with Crippen LogP contribution in [0.25, 0.3) is 0 Å². The summed E-state index contributed by atoms with van der Waals surface area (Å²) in [4.78, 5) is 11.4. The van der Waals surface area contributed by atoms with Gasteiger partial charge in [0.1, 0.15) is 0 Å². The fraction of sp³-hybridized carbons (Fsp3) is 0.588. The van der Waals surface area contributed by atoms with Crippen molar-refractivity contribution in [2.75, 3.05) is 12.9 Å². The fourth-order valence-electron chi connectivity index (χ4n) is 2.92. The zero-order valence-electron chi connectivity index (χ0n) is 13.3. The van der Waals surface area contributed by atoms with E-state index in [1.54, 1.807) is 0 Å². The molecule has 0 N–H and O–H groups in total. The number of carbonyl (C=O) groups is 1. The van der Waals surface area contributed by atoms with E-state index in [2.05, 4.69) is 32.9 Å². The zero-order chi connectivity index (χ0) is 15.6. The summed E-state index contributed by atoms with van der Waals surface area (Å²) in [7, 11) is 0.480. The first-order chi connectivity index (χ1) is 9.85. The Hall–Kier alpha value is -1.16. The van der Waals surface area contributed by atoms with Crippen molar-refractivity contribution in [3.63, 3.8) is 0 Å². The van der Waals surface area contributed by atoms with Gasteiger partial charge in [-0.2, -0.15) is 0 Å². The summed E-state index contributed by atoms with van der Waals surface area (Å²) in [6, 6.07) is 4.28. The van der Waals surface area contributed by atoms with E-state index < -0.39 is 10.8 Å². The van der Waals surface area contributed by atoms with Gasteiger partial charge in [0.15, 0.2) is 0 Å². The standard InChI is InChI=1S/C17H24O3S/c1-12-7-13(2)15(14(3)8-12)10-21(19)11-17(5-6-17)9-16(18)20-4/h7-8H,5-6,9-11H2,1-4H3. The molecule has 1 saturated carbocycles. The molecule has 1 unspecified atom stereocenters. The fourth-order valence-corrected chi connectivity index (χ4v) is 4.87. The number of ether oxygens (including phenoxy) is 1. The Morgan fingerprint density at radius 2 is 1.81 bits per heavy atom. The van der Waals surface area contributed by atoms with Crippen LogP contribution in [-0.4, -0.2) is 23.0 Å². The van der Waals surface area contributed by atoms with Gasteiger partial charge >= 0.3 is 5.97 Å². The van der Waals surface area contributed by atoms with Crippen molar-refractivity contribution in [3.05, 3.63) is 34.4 Å². The molecule has 0 spiro atoms. The van der Waals surface area contributed by atoms with Gasteiger partial charge in [-0.05, 0) is 55.7 Å². The predicted octanol–water partition coefficient (Wildman–Crippen LogP) is 3.20. The number of aryl methyl sites for hydroxylation is 3. The Morgan fingerprint density at radius 1 is 1.24 bits per heavy atom. The van der Waals surface area contributed by atoms with Gasteiger partial charge < -0.3 is 4.74 Å². The first-order valence-electron chi connectivity index (χ1n) is 7.34. The molecule has 1 aromatic carbocycles. The smallest absolute Gasteiger partial charge is 0.306 e. The number of hydrogen-bond acceptors (Lipinski definition) is 3. The maximum Gasteiger partial charge on any atom is 0.306 e. The van der Waals surface area contributed by atoms with Crippen molar-refractivity contribution in [1.82, 2.24) is 0 Å². The third-order valence-corrected chi connectivity index (χ3v) is 5.86. The van der Waals surface area contributed by atoms with Crippen LogP contribution >= 0.6 is 0 Å². The molecule has 0 amide bonds. The van der Waals surface area contributed by atoms with E-state index in [1.807, 2.05) is 0 Å². The molecular weight excluding hydrogens is 284 g/mol. The minimum absolute atomic E-state index is 0.0650. The number of rotatable bonds is 6. The number of benzene rings is 1. The van der Waals surface area contributed by atoms with Crippen molar-refractivity contribution < 1.29 is 13.7 Å². The summed E-state index contributed by atoms with van der Waals surface area (Å²) in [6.45, 7) is 6.23. The van der Waals surface area contributed by atoms with Gasteiger partial charge in [-0.25, -0.2) is 0 Å². The molecule has 1 fully saturated rings. The second-order valence-electron chi connectivity index (χ2n) is 6.36. The third kappa shape index (κ3) is 4.16. The van der Waals surface area contributed by atoms with E-state index in [1.165, 1.54) is 29.4 Å². The Balaban J connectivity index is 2.01. The summed E-state index contributed by atoms with van der Waals surface area (Å²) in [5.74, 6) is 1.00. The quantitative estimate of drug-likeness (QED) is 0.758. The highest BCUT2D eigenvalue weighted by Crippen LogP contribution is 2.49. The largest absolute Gasteiger partial charge is 0.469 e. The predicted molar refractivity (Wildman–Crippen MR) is 85.7 cm³/mol. The molecule has 0 aliphatic heterocycles. The van der Waals surface area contributed by atoms with Crippen LogP contribution in [0, 0.1) is 26.2 Å². The van der Waals surface area contributed by atoms with Gasteiger partial charge in [-0.15, -0.1) is 0 Å². The molecule has 21 heavy (non-hydrogen) atoms. The van der Waals surface area contributed by atoms with E-state index in [4.69, 9.17) is 4.74 Å². The Labute approximate surface area is 129 Å². The summed E-state index contributed by atoms with van der Waals surface area (Å²) >= 11 is 0. The number of hydrogen-bond donors (Lipinski definition) is 0. The van der Waals surface area contributed by atoms with E-state index in [0.717, 1.165) is 12.8 Å². The molecule has 0 radical (unpaired) electrons. The van der Waals surface area contributed by atoms with Gasteiger partial charge in [-0.1, -0.05) is 17.7 Å². The molecule has 0 heterocycles. The first-order valence-corrected chi connectivity index (χ1v) is 8.82. The van der Waals surface area contributed by atoms with E-state index in [-0.39, 0.29) is 11.4 Å². The summed E-state index contributed by atoms with van der Waals surface area (Å²) in [5.41, 5.74) is 4.78. The van der Waals surface area contributed by atoms with Crippen LogP contribution in [0.1, 0.15) is 41.5 Å². The topological polar surface area (TPSA) is 43.4 Å². The minimum Gasteiger partial charge on any atom is -0.469 e. The first kappa shape index (κ1) is 16.2. The third-order valence-electron chi connectivity index (χ3n) is 4.32. The van der Waals surface area contributed by atoms with Crippen LogP contribution < -0.4 is 0 Å². The van der Waals surface area contributed by atoms with Crippen molar-refractivity contribution in [1.29, 1.82) is 0 Å². The average molecular weight is 308 g/mol.